The number of aliphatic hydroxyl groups is 1. The first-order valence-electron chi connectivity index (χ1n) is 4.16. The molecule has 12 heavy (non-hydrogen) atoms. The molecule has 0 aliphatic carbocycles. The molecule has 0 spiro atoms. The van der Waals surface area contributed by atoms with Crippen molar-refractivity contribution in [2.45, 2.75) is 32.0 Å². The molecule has 1 rings (SSSR count). The van der Waals surface area contributed by atoms with E-state index in [2.05, 4.69) is 0 Å². The molecule has 0 bridgehead atoms. The first-order chi connectivity index (χ1) is 5.70. The Bertz CT molecular complexity index is 152. The fourth-order valence-electron chi connectivity index (χ4n) is 1.07. The largest absolute Gasteiger partial charge is 0.460 e. The van der Waals surface area contributed by atoms with Gasteiger partial charge in [0.05, 0.1) is 0 Å². The molecule has 1 saturated heterocycles. The van der Waals surface area contributed by atoms with E-state index in [9.17, 15) is 4.79 Å². The van der Waals surface area contributed by atoms with Crippen LogP contribution in [0.2, 0.25) is 0 Å². The van der Waals surface area contributed by atoms with E-state index >= 15 is 0 Å². The Morgan fingerprint density at radius 3 is 3.00 bits per heavy atom. The summed E-state index contributed by atoms with van der Waals surface area (Å²) in [6, 6.07) is 0. The SMILES string of the molecule is C[C@H](O)C(=O)OC1CCCSC1. The minimum absolute atomic E-state index is 0.0193. The van der Waals surface area contributed by atoms with Crippen LogP contribution in [0, 0.1) is 0 Å². The lowest BCUT2D eigenvalue weighted by molar-refractivity contribution is -0.157. The van der Waals surface area contributed by atoms with E-state index in [0.717, 1.165) is 24.3 Å². The van der Waals surface area contributed by atoms with Crippen LogP contribution in [0.15, 0.2) is 0 Å². The van der Waals surface area contributed by atoms with Crippen molar-refractivity contribution in [1.29, 1.82) is 0 Å². The second-order valence-electron chi connectivity index (χ2n) is 2.95. The number of carbonyl (C=O) groups excluding carboxylic acids is 1. The first-order valence-corrected chi connectivity index (χ1v) is 5.32. The van der Waals surface area contributed by atoms with Gasteiger partial charge in [-0.25, -0.2) is 4.79 Å². The molecule has 0 amide bonds. The van der Waals surface area contributed by atoms with Crippen LogP contribution in [0.25, 0.3) is 0 Å². The zero-order chi connectivity index (χ0) is 8.97. The molecule has 0 aromatic carbocycles. The lowest BCUT2D eigenvalue weighted by Gasteiger charge is -2.21. The molecule has 1 unspecified atom stereocenters. The molecule has 2 atom stereocenters. The van der Waals surface area contributed by atoms with Gasteiger partial charge in [-0.15, -0.1) is 0 Å². The normalized spacial score (nSPS) is 26.3. The number of ether oxygens (including phenoxy) is 1. The summed E-state index contributed by atoms with van der Waals surface area (Å²) in [4.78, 5) is 10.9. The van der Waals surface area contributed by atoms with Crippen molar-refractivity contribution in [3.63, 3.8) is 0 Å². The van der Waals surface area contributed by atoms with Crippen LogP contribution in [0.1, 0.15) is 19.8 Å². The first kappa shape index (κ1) is 9.86. The van der Waals surface area contributed by atoms with E-state index in [1.807, 2.05) is 0 Å². The summed E-state index contributed by atoms with van der Waals surface area (Å²) >= 11 is 1.80. The standard InChI is InChI=1S/C8H14O3S/c1-6(9)8(10)11-7-3-2-4-12-5-7/h6-7,9H,2-5H2,1H3/t6-,7?/m0/s1. The highest BCUT2D eigenvalue weighted by Gasteiger charge is 2.20. The molecule has 0 aromatic heterocycles. The second kappa shape index (κ2) is 4.72. The Morgan fingerprint density at radius 1 is 1.75 bits per heavy atom. The Kier molecular flexibility index (Phi) is 3.88. The molecule has 1 N–H and O–H groups in total. The third-order valence-corrected chi connectivity index (χ3v) is 2.93. The molecule has 1 heterocycles. The average molecular weight is 190 g/mol. The minimum atomic E-state index is -0.989. The van der Waals surface area contributed by atoms with Crippen molar-refractivity contribution >= 4 is 17.7 Å². The van der Waals surface area contributed by atoms with Crippen molar-refractivity contribution in [1.82, 2.24) is 0 Å². The van der Waals surface area contributed by atoms with Crippen molar-refractivity contribution in [3.8, 4) is 0 Å². The summed E-state index contributed by atoms with van der Waals surface area (Å²) < 4.78 is 5.04. The zero-order valence-corrected chi connectivity index (χ0v) is 7.97. The maximum atomic E-state index is 10.9. The van der Waals surface area contributed by atoms with Gasteiger partial charge in [-0.3, -0.25) is 0 Å². The van der Waals surface area contributed by atoms with Crippen LogP contribution in [0.5, 0.6) is 0 Å². The van der Waals surface area contributed by atoms with E-state index in [-0.39, 0.29) is 6.10 Å². The van der Waals surface area contributed by atoms with E-state index in [1.165, 1.54) is 6.92 Å². The highest BCUT2D eigenvalue weighted by molar-refractivity contribution is 7.99. The van der Waals surface area contributed by atoms with Gasteiger partial charge >= 0.3 is 5.97 Å². The summed E-state index contributed by atoms with van der Waals surface area (Å²) in [5.74, 6) is 1.53. The second-order valence-corrected chi connectivity index (χ2v) is 4.10. The Labute approximate surface area is 76.5 Å². The summed E-state index contributed by atoms with van der Waals surface area (Å²) in [6.45, 7) is 1.43. The van der Waals surface area contributed by atoms with E-state index in [0.29, 0.717) is 0 Å². The fraction of sp³-hybridized carbons (Fsp3) is 0.875. The maximum Gasteiger partial charge on any atom is 0.334 e. The zero-order valence-electron chi connectivity index (χ0n) is 7.16. The summed E-state index contributed by atoms with van der Waals surface area (Å²) in [7, 11) is 0. The predicted molar refractivity (Wildman–Crippen MR) is 48.1 cm³/mol. The number of rotatable bonds is 2. The van der Waals surface area contributed by atoms with Gasteiger partial charge in [0, 0.05) is 5.75 Å². The number of aliphatic hydroxyl groups excluding tert-OH is 1. The number of thioether (sulfide) groups is 1. The lowest BCUT2D eigenvalue weighted by atomic mass is 10.2. The average Bonchev–Trinajstić information content (AvgIpc) is 2.06. The van der Waals surface area contributed by atoms with Gasteiger partial charge in [0.25, 0.3) is 0 Å². The highest BCUT2D eigenvalue weighted by atomic mass is 32.2. The summed E-state index contributed by atoms with van der Waals surface area (Å²) in [5.41, 5.74) is 0. The lowest BCUT2D eigenvalue weighted by Crippen LogP contribution is -2.29. The van der Waals surface area contributed by atoms with Gasteiger partial charge in [0.1, 0.15) is 12.2 Å². The monoisotopic (exact) mass is 190 g/mol. The van der Waals surface area contributed by atoms with E-state index in [1.54, 1.807) is 11.8 Å². The van der Waals surface area contributed by atoms with Crippen molar-refractivity contribution in [3.05, 3.63) is 0 Å². The number of carbonyl (C=O) groups is 1. The Morgan fingerprint density at radius 2 is 2.50 bits per heavy atom. The van der Waals surface area contributed by atoms with E-state index < -0.39 is 12.1 Å². The number of hydrogen-bond acceptors (Lipinski definition) is 4. The molecule has 0 aromatic rings. The smallest absolute Gasteiger partial charge is 0.334 e. The van der Waals surface area contributed by atoms with Crippen LogP contribution in [0.4, 0.5) is 0 Å². The van der Waals surface area contributed by atoms with Crippen molar-refractivity contribution in [2.24, 2.45) is 0 Å². The molecule has 3 nitrogen and oxygen atoms in total. The van der Waals surface area contributed by atoms with Crippen LogP contribution in [-0.4, -0.2) is 34.8 Å². The predicted octanol–water partition coefficient (Wildman–Crippen LogP) is 0.806. The summed E-state index contributed by atoms with van der Waals surface area (Å²) in [5, 5.41) is 8.87. The Hall–Kier alpha value is -0.220. The molecular weight excluding hydrogens is 176 g/mol. The van der Waals surface area contributed by atoms with Crippen LogP contribution >= 0.6 is 11.8 Å². The topological polar surface area (TPSA) is 46.5 Å². The number of hydrogen-bond donors (Lipinski definition) is 1. The van der Waals surface area contributed by atoms with Gasteiger partial charge in [0.2, 0.25) is 0 Å². The molecule has 1 aliphatic heterocycles. The van der Waals surface area contributed by atoms with Crippen LogP contribution < -0.4 is 0 Å². The van der Waals surface area contributed by atoms with Gasteiger partial charge in [0.15, 0.2) is 0 Å². The number of esters is 1. The fourth-order valence-corrected chi connectivity index (χ4v) is 2.10. The molecule has 0 saturated carbocycles. The molecule has 1 fully saturated rings. The molecule has 1 aliphatic rings. The molecule has 70 valence electrons. The summed E-state index contributed by atoms with van der Waals surface area (Å²) in [6.07, 6.45) is 1.07. The molecular formula is C8H14O3S. The third kappa shape index (κ3) is 3.03. The van der Waals surface area contributed by atoms with Crippen LogP contribution in [0.3, 0.4) is 0 Å². The molecule has 4 heteroatoms. The van der Waals surface area contributed by atoms with Crippen molar-refractivity contribution < 1.29 is 14.6 Å². The minimum Gasteiger partial charge on any atom is -0.460 e. The maximum absolute atomic E-state index is 10.9. The van der Waals surface area contributed by atoms with Crippen LogP contribution in [-0.2, 0) is 9.53 Å². The third-order valence-electron chi connectivity index (χ3n) is 1.74. The van der Waals surface area contributed by atoms with Gasteiger partial charge < -0.3 is 9.84 Å². The van der Waals surface area contributed by atoms with Gasteiger partial charge in [-0.05, 0) is 25.5 Å². The van der Waals surface area contributed by atoms with Gasteiger partial charge in [-0.2, -0.15) is 11.8 Å². The Balaban J connectivity index is 2.24. The quantitative estimate of drug-likeness (QED) is 0.654. The molecule has 0 radical (unpaired) electrons. The van der Waals surface area contributed by atoms with E-state index in [4.69, 9.17) is 9.84 Å². The van der Waals surface area contributed by atoms with Gasteiger partial charge in [-0.1, -0.05) is 0 Å². The van der Waals surface area contributed by atoms with Crippen molar-refractivity contribution in [2.75, 3.05) is 11.5 Å². The highest BCUT2D eigenvalue weighted by Crippen LogP contribution is 2.19.